The Morgan fingerprint density at radius 3 is 2.00 bits per heavy atom. The number of hydrogen-bond acceptors (Lipinski definition) is 4. The average molecular weight is 523 g/mol. The molecule has 1 aliphatic rings. The third-order valence-electron chi connectivity index (χ3n) is 7.14. The zero-order chi connectivity index (χ0) is 26.3. The molecule has 4 nitrogen and oxygen atoms in total. The molecule has 1 heterocycles. The molecule has 0 unspecified atom stereocenters. The van der Waals surface area contributed by atoms with E-state index in [2.05, 4.69) is 96.8 Å². The molecule has 0 N–H and O–H groups in total. The summed E-state index contributed by atoms with van der Waals surface area (Å²) >= 11 is 1.76. The zero-order valence-electron chi connectivity index (χ0n) is 22.0. The third-order valence-corrected chi connectivity index (χ3v) is 8.20. The van der Waals surface area contributed by atoms with Gasteiger partial charge >= 0.3 is 0 Å². The Balaban J connectivity index is 1.28. The first-order valence-corrected chi connectivity index (χ1v) is 14.1. The van der Waals surface area contributed by atoms with Crippen molar-refractivity contribution in [3.8, 4) is 5.75 Å². The van der Waals surface area contributed by atoms with Crippen LogP contribution < -0.4 is 4.74 Å². The number of aryl methyl sites for hydroxylation is 1. The van der Waals surface area contributed by atoms with Gasteiger partial charge in [0, 0.05) is 48.0 Å². The second-order valence-electron chi connectivity index (χ2n) is 9.68. The highest BCUT2D eigenvalue weighted by Crippen LogP contribution is 2.31. The minimum atomic E-state index is 0.0878. The highest BCUT2D eigenvalue weighted by atomic mass is 32.2. The van der Waals surface area contributed by atoms with Gasteiger partial charge < -0.3 is 9.64 Å². The SMILES string of the molecule is COc1ccc(C(=O)N2CCN(C(c3ccccc3)c3ccccc3)CC2)cc1CSc1ccc(C)cc1. The van der Waals surface area contributed by atoms with Crippen LogP contribution in [0.2, 0.25) is 0 Å². The van der Waals surface area contributed by atoms with Crippen molar-refractivity contribution in [1.82, 2.24) is 9.80 Å². The summed E-state index contributed by atoms with van der Waals surface area (Å²) in [4.78, 5) is 19.2. The minimum absolute atomic E-state index is 0.0878. The van der Waals surface area contributed by atoms with Gasteiger partial charge in [-0.2, -0.15) is 0 Å². The van der Waals surface area contributed by atoms with E-state index in [1.807, 2.05) is 23.1 Å². The minimum Gasteiger partial charge on any atom is -0.496 e. The molecule has 4 aromatic carbocycles. The fourth-order valence-electron chi connectivity index (χ4n) is 5.07. The maximum absolute atomic E-state index is 13.5. The van der Waals surface area contributed by atoms with Crippen LogP contribution in [0.4, 0.5) is 0 Å². The number of ether oxygens (including phenoxy) is 1. The standard InChI is InChI=1S/C33H34N2O2S/c1-25-13-16-30(17-14-25)38-24-29-23-28(15-18-31(29)37-2)33(36)35-21-19-34(20-22-35)32(26-9-5-3-6-10-26)27-11-7-4-8-12-27/h3-18,23,32H,19-22,24H2,1-2H3. The molecule has 38 heavy (non-hydrogen) atoms. The van der Waals surface area contributed by atoms with Gasteiger partial charge in [-0.15, -0.1) is 11.8 Å². The number of thioether (sulfide) groups is 1. The lowest BCUT2D eigenvalue weighted by molar-refractivity contribution is 0.0597. The van der Waals surface area contributed by atoms with E-state index in [0.717, 1.165) is 35.7 Å². The molecular formula is C33H34N2O2S. The van der Waals surface area contributed by atoms with Gasteiger partial charge in [-0.3, -0.25) is 9.69 Å². The number of methoxy groups -OCH3 is 1. The highest BCUT2D eigenvalue weighted by molar-refractivity contribution is 7.98. The Labute approximate surface area is 230 Å². The highest BCUT2D eigenvalue weighted by Gasteiger charge is 2.28. The summed E-state index contributed by atoms with van der Waals surface area (Å²) < 4.78 is 5.61. The van der Waals surface area contributed by atoms with Gasteiger partial charge in [0.1, 0.15) is 5.75 Å². The normalized spacial score (nSPS) is 14.0. The van der Waals surface area contributed by atoms with Crippen LogP contribution in [-0.4, -0.2) is 49.0 Å². The predicted octanol–water partition coefficient (Wildman–Crippen LogP) is 6.84. The van der Waals surface area contributed by atoms with Gasteiger partial charge in [-0.05, 0) is 48.4 Å². The van der Waals surface area contributed by atoms with Gasteiger partial charge in [-0.1, -0.05) is 78.4 Å². The van der Waals surface area contributed by atoms with Crippen LogP contribution in [0, 0.1) is 6.92 Å². The second kappa shape index (κ2) is 12.3. The predicted molar refractivity (Wildman–Crippen MR) is 156 cm³/mol. The summed E-state index contributed by atoms with van der Waals surface area (Å²) in [5.74, 6) is 1.65. The maximum atomic E-state index is 13.5. The van der Waals surface area contributed by atoms with Crippen molar-refractivity contribution in [2.24, 2.45) is 0 Å². The molecule has 0 atom stereocenters. The third kappa shape index (κ3) is 6.12. The fraction of sp³-hybridized carbons (Fsp3) is 0.242. The van der Waals surface area contributed by atoms with Crippen LogP contribution in [0.15, 0.2) is 108 Å². The first kappa shape index (κ1) is 26.1. The van der Waals surface area contributed by atoms with E-state index in [0.29, 0.717) is 13.1 Å². The van der Waals surface area contributed by atoms with Crippen LogP contribution in [0.1, 0.15) is 38.7 Å². The monoisotopic (exact) mass is 522 g/mol. The lowest BCUT2D eigenvalue weighted by Gasteiger charge is -2.40. The molecule has 1 amide bonds. The maximum Gasteiger partial charge on any atom is 0.253 e. The largest absolute Gasteiger partial charge is 0.496 e. The fourth-order valence-corrected chi connectivity index (χ4v) is 5.95. The van der Waals surface area contributed by atoms with Gasteiger partial charge in [0.2, 0.25) is 0 Å². The van der Waals surface area contributed by atoms with E-state index >= 15 is 0 Å². The van der Waals surface area contributed by atoms with Crippen LogP contribution >= 0.6 is 11.8 Å². The Hall–Kier alpha value is -3.54. The molecule has 0 aromatic heterocycles. The Morgan fingerprint density at radius 2 is 1.42 bits per heavy atom. The lowest BCUT2D eigenvalue weighted by Crippen LogP contribution is -2.49. The molecule has 0 radical (unpaired) electrons. The molecule has 0 spiro atoms. The molecule has 0 bridgehead atoms. The van der Waals surface area contributed by atoms with Crippen molar-refractivity contribution < 1.29 is 9.53 Å². The molecule has 1 fully saturated rings. The average Bonchev–Trinajstić information content (AvgIpc) is 2.98. The number of carbonyl (C=O) groups excluding carboxylic acids is 1. The first-order valence-electron chi connectivity index (χ1n) is 13.1. The number of nitrogens with zero attached hydrogens (tertiary/aromatic N) is 2. The Bertz CT molecular complexity index is 1300. The van der Waals surface area contributed by atoms with Crippen molar-refractivity contribution in [3.63, 3.8) is 0 Å². The first-order chi connectivity index (χ1) is 18.6. The van der Waals surface area contributed by atoms with E-state index < -0.39 is 0 Å². The van der Waals surface area contributed by atoms with Gasteiger partial charge in [-0.25, -0.2) is 0 Å². The Morgan fingerprint density at radius 1 is 0.816 bits per heavy atom. The van der Waals surface area contributed by atoms with Crippen molar-refractivity contribution >= 4 is 17.7 Å². The molecule has 5 heteroatoms. The molecule has 1 aliphatic heterocycles. The lowest BCUT2D eigenvalue weighted by atomic mass is 9.96. The van der Waals surface area contributed by atoms with Gasteiger partial charge in [0.05, 0.1) is 13.2 Å². The molecule has 0 aliphatic carbocycles. The second-order valence-corrected chi connectivity index (χ2v) is 10.7. The van der Waals surface area contributed by atoms with Gasteiger partial charge in [0.25, 0.3) is 5.91 Å². The molecule has 4 aromatic rings. The molecular weight excluding hydrogens is 488 g/mol. The van der Waals surface area contributed by atoms with E-state index in [-0.39, 0.29) is 11.9 Å². The summed E-state index contributed by atoms with van der Waals surface area (Å²) in [6.07, 6.45) is 0. The number of carbonyl (C=O) groups is 1. The number of rotatable bonds is 8. The van der Waals surface area contributed by atoms with Crippen LogP contribution in [-0.2, 0) is 5.75 Å². The van der Waals surface area contributed by atoms with Crippen LogP contribution in [0.25, 0.3) is 0 Å². The van der Waals surface area contributed by atoms with Crippen LogP contribution in [0.3, 0.4) is 0 Å². The van der Waals surface area contributed by atoms with Crippen molar-refractivity contribution in [2.75, 3.05) is 33.3 Å². The van der Waals surface area contributed by atoms with Gasteiger partial charge in [0.15, 0.2) is 0 Å². The molecule has 1 saturated heterocycles. The summed E-state index contributed by atoms with van der Waals surface area (Å²) in [6.45, 7) is 5.15. The van der Waals surface area contributed by atoms with E-state index in [4.69, 9.17) is 4.74 Å². The van der Waals surface area contributed by atoms with Crippen molar-refractivity contribution in [2.45, 2.75) is 23.6 Å². The number of benzene rings is 4. The topological polar surface area (TPSA) is 32.8 Å². The van der Waals surface area contributed by atoms with E-state index in [1.54, 1.807) is 18.9 Å². The molecule has 0 saturated carbocycles. The quantitative estimate of drug-likeness (QED) is 0.237. The summed E-state index contributed by atoms with van der Waals surface area (Å²) in [7, 11) is 1.69. The summed E-state index contributed by atoms with van der Waals surface area (Å²) in [6, 6.07) is 35.8. The number of amides is 1. The Kier molecular flexibility index (Phi) is 8.47. The van der Waals surface area contributed by atoms with E-state index in [1.165, 1.54) is 21.6 Å². The van der Waals surface area contributed by atoms with Crippen molar-refractivity contribution in [3.05, 3.63) is 131 Å². The molecule has 5 rings (SSSR count). The summed E-state index contributed by atoms with van der Waals surface area (Å²) in [5, 5.41) is 0. The number of hydrogen-bond donors (Lipinski definition) is 0. The number of piperazine rings is 1. The van der Waals surface area contributed by atoms with E-state index in [9.17, 15) is 4.79 Å². The summed E-state index contributed by atoms with van der Waals surface area (Å²) in [5.41, 5.74) is 5.57. The smallest absolute Gasteiger partial charge is 0.253 e. The molecule has 194 valence electrons. The van der Waals surface area contributed by atoms with Crippen molar-refractivity contribution in [1.29, 1.82) is 0 Å². The van der Waals surface area contributed by atoms with Crippen LogP contribution in [0.5, 0.6) is 5.75 Å². The zero-order valence-corrected chi connectivity index (χ0v) is 22.9.